The lowest BCUT2D eigenvalue weighted by atomic mass is 10.2. The number of aromatic nitrogens is 1. The van der Waals surface area contributed by atoms with E-state index in [0.717, 1.165) is 15.8 Å². The molecule has 3 rings (SSSR count). The van der Waals surface area contributed by atoms with Gasteiger partial charge >= 0.3 is 0 Å². The SMILES string of the molecule is C=CCn1c(=NC(=O)c2ccc(S(=O)(=O)C(C)C)cc2)sc2cc(C)ccc21. The van der Waals surface area contributed by atoms with Gasteiger partial charge in [-0.1, -0.05) is 23.5 Å². The van der Waals surface area contributed by atoms with E-state index in [1.165, 1.54) is 35.6 Å². The van der Waals surface area contributed by atoms with Crippen LogP contribution < -0.4 is 4.80 Å². The molecule has 0 N–H and O–H groups in total. The van der Waals surface area contributed by atoms with Crippen molar-refractivity contribution in [3.8, 4) is 0 Å². The third kappa shape index (κ3) is 3.86. The number of sulfone groups is 1. The van der Waals surface area contributed by atoms with Gasteiger partial charge in [0.1, 0.15) is 0 Å². The summed E-state index contributed by atoms with van der Waals surface area (Å²) in [5.74, 6) is -0.408. The number of benzene rings is 2. The second kappa shape index (κ2) is 7.85. The van der Waals surface area contributed by atoms with Gasteiger partial charge in [0.05, 0.1) is 20.4 Å². The quantitative estimate of drug-likeness (QED) is 0.590. The van der Waals surface area contributed by atoms with Crippen molar-refractivity contribution in [3.63, 3.8) is 0 Å². The maximum absolute atomic E-state index is 12.7. The third-order valence-corrected chi connectivity index (χ3v) is 7.61. The number of aryl methyl sites for hydroxylation is 1. The summed E-state index contributed by atoms with van der Waals surface area (Å²) in [5, 5.41) is -0.515. The lowest BCUT2D eigenvalue weighted by Crippen LogP contribution is -2.16. The van der Waals surface area contributed by atoms with Crippen molar-refractivity contribution in [3.05, 3.63) is 71.0 Å². The summed E-state index contributed by atoms with van der Waals surface area (Å²) in [5.41, 5.74) is 2.49. The molecule has 2 aromatic carbocycles. The summed E-state index contributed by atoms with van der Waals surface area (Å²) in [6.45, 7) is 9.61. The van der Waals surface area contributed by atoms with Gasteiger partial charge in [0.25, 0.3) is 5.91 Å². The molecule has 0 saturated carbocycles. The van der Waals surface area contributed by atoms with Gasteiger partial charge in [-0.3, -0.25) is 4.79 Å². The van der Waals surface area contributed by atoms with Gasteiger partial charge in [-0.05, 0) is 62.7 Å². The zero-order chi connectivity index (χ0) is 20.5. The molecule has 0 aliphatic carbocycles. The number of hydrogen-bond donors (Lipinski definition) is 0. The first-order valence-electron chi connectivity index (χ1n) is 8.88. The van der Waals surface area contributed by atoms with Gasteiger partial charge in [0.15, 0.2) is 14.6 Å². The van der Waals surface area contributed by atoms with Crippen LogP contribution in [0.25, 0.3) is 10.2 Å². The monoisotopic (exact) mass is 414 g/mol. The van der Waals surface area contributed by atoms with Crippen LogP contribution in [0, 0.1) is 6.92 Å². The van der Waals surface area contributed by atoms with Crippen molar-refractivity contribution in [2.24, 2.45) is 4.99 Å². The molecule has 1 amide bonds. The molecule has 0 unspecified atom stereocenters. The van der Waals surface area contributed by atoms with Crippen LogP contribution in [-0.4, -0.2) is 24.1 Å². The first-order chi connectivity index (χ1) is 13.2. The zero-order valence-corrected chi connectivity index (χ0v) is 17.7. The summed E-state index contributed by atoms with van der Waals surface area (Å²) in [4.78, 5) is 17.7. The van der Waals surface area contributed by atoms with E-state index in [0.29, 0.717) is 16.9 Å². The van der Waals surface area contributed by atoms with Crippen molar-refractivity contribution in [2.75, 3.05) is 0 Å². The second-order valence-electron chi connectivity index (χ2n) is 6.79. The van der Waals surface area contributed by atoms with E-state index in [1.54, 1.807) is 19.9 Å². The summed E-state index contributed by atoms with van der Waals surface area (Å²) in [7, 11) is -3.37. The molecule has 7 heteroatoms. The maximum atomic E-state index is 12.7. The van der Waals surface area contributed by atoms with Crippen molar-refractivity contribution in [1.29, 1.82) is 0 Å². The minimum absolute atomic E-state index is 0.207. The third-order valence-electron chi connectivity index (χ3n) is 4.40. The van der Waals surface area contributed by atoms with Crippen LogP contribution in [-0.2, 0) is 16.4 Å². The summed E-state index contributed by atoms with van der Waals surface area (Å²) >= 11 is 1.44. The van der Waals surface area contributed by atoms with Crippen LogP contribution in [0.5, 0.6) is 0 Å². The number of rotatable bonds is 5. The predicted octanol–water partition coefficient (Wildman–Crippen LogP) is 4.12. The molecule has 0 atom stereocenters. The highest BCUT2D eigenvalue weighted by Crippen LogP contribution is 2.20. The molecule has 146 valence electrons. The van der Waals surface area contributed by atoms with Gasteiger partial charge in [-0.15, -0.1) is 6.58 Å². The fraction of sp³-hybridized carbons (Fsp3) is 0.238. The number of thiazole rings is 1. The second-order valence-corrected chi connectivity index (χ2v) is 10.3. The molecule has 3 aromatic rings. The van der Waals surface area contributed by atoms with Crippen LogP contribution in [0.1, 0.15) is 29.8 Å². The molecular formula is C21H22N2O3S2. The summed E-state index contributed by atoms with van der Waals surface area (Å²) in [6, 6.07) is 12.0. The largest absolute Gasteiger partial charge is 0.312 e. The Morgan fingerprint density at radius 3 is 2.50 bits per heavy atom. The number of carbonyl (C=O) groups is 1. The first kappa shape index (κ1) is 20.2. The van der Waals surface area contributed by atoms with Gasteiger partial charge in [-0.25, -0.2) is 8.42 Å². The van der Waals surface area contributed by atoms with E-state index in [2.05, 4.69) is 17.6 Å². The van der Waals surface area contributed by atoms with Crippen LogP contribution in [0.4, 0.5) is 0 Å². The van der Waals surface area contributed by atoms with E-state index >= 15 is 0 Å². The average Bonchev–Trinajstić information content (AvgIpc) is 2.98. The Bertz CT molecular complexity index is 1210. The lowest BCUT2D eigenvalue weighted by Gasteiger charge is -2.07. The van der Waals surface area contributed by atoms with Crippen molar-refractivity contribution < 1.29 is 13.2 Å². The molecule has 1 aromatic heterocycles. The zero-order valence-electron chi connectivity index (χ0n) is 16.0. The smallest absolute Gasteiger partial charge is 0.279 e. The molecule has 0 bridgehead atoms. The minimum Gasteiger partial charge on any atom is -0.312 e. The van der Waals surface area contributed by atoms with E-state index < -0.39 is 21.0 Å². The molecule has 0 radical (unpaired) electrons. The molecule has 0 spiro atoms. The Balaban J connectivity index is 2.03. The van der Waals surface area contributed by atoms with Crippen LogP contribution in [0.3, 0.4) is 0 Å². The topological polar surface area (TPSA) is 68.5 Å². The highest BCUT2D eigenvalue weighted by atomic mass is 32.2. The Hall–Kier alpha value is -2.51. The number of fused-ring (bicyclic) bond motifs is 1. The van der Waals surface area contributed by atoms with E-state index in [4.69, 9.17) is 0 Å². The van der Waals surface area contributed by atoms with Gasteiger partial charge in [0.2, 0.25) is 0 Å². The van der Waals surface area contributed by atoms with Crippen LogP contribution in [0.2, 0.25) is 0 Å². The fourth-order valence-corrected chi connectivity index (χ4v) is 4.98. The number of amides is 1. The van der Waals surface area contributed by atoms with E-state index in [-0.39, 0.29) is 4.90 Å². The molecule has 1 heterocycles. The maximum Gasteiger partial charge on any atom is 0.279 e. The molecule has 0 saturated heterocycles. The highest BCUT2D eigenvalue weighted by Gasteiger charge is 2.19. The minimum atomic E-state index is -3.37. The van der Waals surface area contributed by atoms with Crippen LogP contribution >= 0.6 is 11.3 Å². The molecular weight excluding hydrogens is 392 g/mol. The van der Waals surface area contributed by atoms with Gasteiger partial charge in [0, 0.05) is 12.1 Å². The Morgan fingerprint density at radius 2 is 1.89 bits per heavy atom. The summed E-state index contributed by atoms with van der Waals surface area (Å²) < 4.78 is 27.5. The lowest BCUT2D eigenvalue weighted by molar-refractivity contribution is 0.0998. The average molecular weight is 415 g/mol. The van der Waals surface area contributed by atoms with Crippen LogP contribution in [0.15, 0.2) is 65.0 Å². The van der Waals surface area contributed by atoms with Crippen molar-refractivity contribution in [1.82, 2.24) is 4.57 Å². The van der Waals surface area contributed by atoms with Crippen molar-refractivity contribution >= 4 is 37.3 Å². The molecule has 0 aliphatic heterocycles. The summed E-state index contributed by atoms with van der Waals surface area (Å²) in [6.07, 6.45) is 1.76. The molecule has 0 fully saturated rings. The normalized spacial score (nSPS) is 12.6. The number of hydrogen-bond acceptors (Lipinski definition) is 4. The Labute approximate surface area is 168 Å². The van der Waals surface area contributed by atoms with Crippen molar-refractivity contribution in [2.45, 2.75) is 37.5 Å². The van der Waals surface area contributed by atoms with Gasteiger partial charge < -0.3 is 4.57 Å². The standard InChI is InChI=1S/C21H22N2O3S2/c1-5-12-23-18-11-6-15(4)13-19(18)27-21(23)22-20(24)16-7-9-17(10-8-16)28(25,26)14(2)3/h5-11,13-14H,1,12H2,2-4H3. The van der Waals surface area contributed by atoms with E-state index in [1.807, 2.05) is 23.6 Å². The van der Waals surface area contributed by atoms with Gasteiger partial charge in [-0.2, -0.15) is 4.99 Å². The number of nitrogens with zero attached hydrogens (tertiary/aromatic N) is 2. The fourth-order valence-electron chi connectivity index (χ4n) is 2.78. The van der Waals surface area contributed by atoms with E-state index in [9.17, 15) is 13.2 Å². The number of carbonyl (C=O) groups excluding carboxylic acids is 1. The highest BCUT2D eigenvalue weighted by molar-refractivity contribution is 7.92. The molecule has 5 nitrogen and oxygen atoms in total. The Morgan fingerprint density at radius 1 is 1.21 bits per heavy atom. The predicted molar refractivity (Wildman–Crippen MR) is 113 cm³/mol. The number of allylic oxidation sites excluding steroid dienone is 1. The molecule has 28 heavy (non-hydrogen) atoms. The Kier molecular flexibility index (Phi) is 5.67. The molecule has 0 aliphatic rings. The first-order valence-corrected chi connectivity index (χ1v) is 11.2.